The topological polar surface area (TPSA) is 86.6 Å². The molecule has 126 valence electrons. The number of nitrogens with one attached hydrogen (secondary N) is 2. The number of hydrogen-bond acceptors (Lipinski definition) is 5. The van der Waals surface area contributed by atoms with Gasteiger partial charge in [0.05, 0.1) is 6.33 Å². The summed E-state index contributed by atoms with van der Waals surface area (Å²) < 4.78 is 17.9. The number of urea groups is 1. The molecule has 1 rings (SSSR count). The van der Waals surface area contributed by atoms with E-state index in [-0.39, 0.29) is 6.03 Å². The number of hydrogen-bond donors (Lipinski definition) is 2. The predicted octanol–water partition coefficient (Wildman–Crippen LogP) is 0.841. The fourth-order valence-electron chi connectivity index (χ4n) is 2.01. The van der Waals surface area contributed by atoms with Crippen molar-refractivity contribution in [1.29, 1.82) is 0 Å². The van der Waals surface area contributed by atoms with Crippen molar-refractivity contribution in [3.63, 3.8) is 0 Å². The Morgan fingerprint density at radius 3 is 2.32 bits per heavy atom. The second kappa shape index (κ2) is 10.3. The molecule has 1 aromatic rings. The SMILES string of the molecule is CO[Si](CCCNC(=O)NCCCn1ccnc1)(OC)OC. The minimum Gasteiger partial charge on any atom is -0.377 e. The number of amides is 2. The molecule has 2 amide bonds. The lowest BCUT2D eigenvalue weighted by Crippen LogP contribution is -2.43. The van der Waals surface area contributed by atoms with Crippen LogP contribution in [0, 0.1) is 0 Å². The van der Waals surface area contributed by atoms with Gasteiger partial charge in [0.2, 0.25) is 0 Å². The lowest BCUT2D eigenvalue weighted by atomic mass is 10.4. The first-order chi connectivity index (χ1) is 10.7. The van der Waals surface area contributed by atoms with E-state index in [4.69, 9.17) is 13.3 Å². The van der Waals surface area contributed by atoms with Crippen molar-refractivity contribution >= 4 is 14.8 Å². The maximum absolute atomic E-state index is 11.6. The van der Waals surface area contributed by atoms with E-state index in [0.29, 0.717) is 19.1 Å². The molecule has 0 aromatic carbocycles. The van der Waals surface area contributed by atoms with E-state index in [0.717, 1.165) is 19.4 Å². The Kier molecular flexibility index (Phi) is 8.74. The molecular formula is C13H26N4O4Si. The molecule has 9 heteroatoms. The van der Waals surface area contributed by atoms with Crippen LogP contribution in [0.5, 0.6) is 0 Å². The summed E-state index contributed by atoms with van der Waals surface area (Å²) in [5.74, 6) is 0. The van der Waals surface area contributed by atoms with Gasteiger partial charge in [0.1, 0.15) is 0 Å². The third-order valence-corrected chi connectivity index (χ3v) is 6.15. The van der Waals surface area contributed by atoms with Crippen LogP contribution in [-0.2, 0) is 19.8 Å². The van der Waals surface area contributed by atoms with Crippen LogP contribution >= 0.6 is 0 Å². The van der Waals surface area contributed by atoms with E-state index in [1.165, 1.54) is 0 Å². The molecule has 0 spiro atoms. The molecular weight excluding hydrogens is 304 g/mol. The van der Waals surface area contributed by atoms with Crippen LogP contribution in [0.15, 0.2) is 18.7 Å². The smallest absolute Gasteiger partial charge is 0.377 e. The molecule has 0 saturated carbocycles. The predicted molar refractivity (Wildman–Crippen MR) is 84.5 cm³/mol. The van der Waals surface area contributed by atoms with Crippen molar-refractivity contribution in [1.82, 2.24) is 20.2 Å². The van der Waals surface area contributed by atoms with Gasteiger partial charge in [-0.05, 0) is 12.8 Å². The van der Waals surface area contributed by atoms with Gasteiger partial charge < -0.3 is 28.5 Å². The maximum atomic E-state index is 11.6. The summed E-state index contributed by atoms with van der Waals surface area (Å²) in [6, 6.07) is 0.502. The van der Waals surface area contributed by atoms with Crippen LogP contribution < -0.4 is 10.6 Å². The molecule has 22 heavy (non-hydrogen) atoms. The zero-order valence-corrected chi connectivity index (χ0v) is 14.5. The maximum Gasteiger partial charge on any atom is 0.500 e. The first-order valence-corrected chi connectivity index (χ1v) is 9.22. The lowest BCUT2D eigenvalue weighted by molar-refractivity contribution is 0.123. The summed E-state index contributed by atoms with van der Waals surface area (Å²) in [5.41, 5.74) is 0. The summed E-state index contributed by atoms with van der Waals surface area (Å²) in [5, 5.41) is 5.63. The molecule has 0 aliphatic rings. The molecule has 1 heterocycles. The van der Waals surface area contributed by atoms with Gasteiger partial charge in [-0.25, -0.2) is 9.78 Å². The Morgan fingerprint density at radius 1 is 1.14 bits per heavy atom. The Hall–Kier alpha value is -1.42. The van der Waals surface area contributed by atoms with Gasteiger partial charge in [-0.15, -0.1) is 0 Å². The van der Waals surface area contributed by atoms with Gasteiger partial charge in [-0.2, -0.15) is 0 Å². The minimum absolute atomic E-state index is 0.162. The highest BCUT2D eigenvalue weighted by atomic mass is 28.4. The van der Waals surface area contributed by atoms with Gasteiger partial charge in [0.25, 0.3) is 0 Å². The largest absolute Gasteiger partial charge is 0.500 e. The summed E-state index contributed by atoms with van der Waals surface area (Å²) in [7, 11) is 2.22. The second-order valence-corrected chi connectivity index (χ2v) is 7.83. The number of nitrogens with zero attached hydrogens (tertiary/aromatic N) is 2. The quantitative estimate of drug-likeness (QED) is 0.464. The van der Waals surface area contributed by atoms with Gasteiger partial charge in [-0.1, -0.05) is 0 Å². The van der Waals surface area contributed by atoms with Crippen LogP contribution in [0.25, 0.3) is 0 Å². The van der Waals surface area contributed by atoms with Crippen LogP contribution in [0.2, 0.25) is 6.04 Å². The first-order valence-electron chi connectivity index (χ1n) is 7.28. The van der Waals surface area contributed by atoms with Gasteiger partial charge in [-0.3, -0.25) is 0 Å². The summed E-state index contributed by atoms with van der Waals surface area (Å²) in [6.45, 7) is 2.01. The third kappa shape index (κ3) is 6.56. The van der Waals surface area contributed by atoms with Gasteiger partial charge in [0, 0.05) is 59.4 Å². The van der Waals surface area contributed by atoms with E-state index in [9.17, 15) is 4.79 Å². The van der Waals surface area contributed by atoms with Crippen molar-refractivity contribution in [2.45, 2.75) is 25.4 Å². The monoisotopic (exact) mass is 330 g/mol. The van der Waals surface area contributed by atoms with E-state index >= 15 is 0 Å². The molecule has 0 unspecified atom stereocenters. The molecule has 0 radical (unpaired) electrons. The Morgan fingerprint density at radius 2 is 1.77 bits per heavy atom. The third-order valence-electron chi connectivity index (χ3n) is 3.32. The number of carbonyl (C=O) groups is 1. The Labute approximate surface area is 132 Å². The number of carbonyl (C=O) groups excluding carboxylic acids is 1. The van der Waals surface area contributed by atoms with Crippen LogP contribution in [0.1, 0.15) is 12.8 Å². The zero-order valence-electron chi connectivity index (χ0n) is 13.5. The van der Waals surface area contributed by atoms with Gasteiger partial charge in [0.15, 0.2) is 0 Å². The first kappa shape index (κ1) is 18.6. The molecule has 0 saturated heterocycles. The number of aromatic nitrogens is 2. The highest BCUT2D eigenvalue weighted by Crippen LogP contribution is 2.14. The normalized spacial score (nSPS) is 11.4. The Balaban J connectivity index is 2.05. The highest BCUT2D eigenvalue weighted by molar-refractivity contribution is 6.60. The molecule has 0 fully saturated rings. The fourth-order valence-corrected chi connectivity index (χ4v) is 3.73. The summed E-state index contributed by atoms with van der Waals surface area (Å²) in [4.78, 5) is 15.6. The van der Waals surface area contributed by atoms with Crippen LogP contribution in [-0.4, -0.2) is 58.8 Å². The highest BCUT2D eigenvalue weighted by Gasteiger charge is 2.36. The average Bonchev–Trinajstić information content (AvgIpc) is 3.06. The van der Waals surface area contributed by atoms with E-state index < -0.39 is 8.80 Å². The van der Waals surface area contributed by atoms with Crippen molar-refractivity contribution in [3.8, 4) is 0 Å². The number of rotatable bonds is 11. The minimum atomic E-state index is -2.53. The zero-order chi connectivity index (χ0) is 16.3. The van der Waals surface area contributed by atoms with Crippen LogP contribution in [0.4, 0.5) is 4.79 Å². The molecule has 0 aliphatic carbocycles. The van der Waals surface area contributed by atoms with E-state index in [2.05, 4.69) is 15.6 Å². The molecule has 0 aliphatic heterocycles. The Bertz CT molecular complexity index is 404. The number of imidazole rings is 1. The number of aryl methyl sites for hydroxylation is 1. The molecule has 2 N–H and O–H groups in total. The standard InChI is InChI=1S/C13H26N4O4Si/c1-19-22(20-2,21-3)11-5-7-16-13(18)15-6-4-9-17-10-8-14-12-17/h8,10,12H,4-7,9,11H2,1-3H3,(H2,15,16,18). The summed E-state index contributed by atoms with van der Waals surface area (Å²) >= 11 is 0. The van der Waals surface area contributed by atoms with Crippen molar-refractivity contribution < 1.29 is 18.1 Å². The van der Waals surface area contributed by atoms with E-state index in [1.54, 1.807) is 33.9 Å². The lowest BCUT2D eigenvalue weighted by Gasteiger charge is -2.24. The van der Waals surface area contributed by atoms with Crippen molar-refractivity contribution in [2.75, 3.05) is 34.4 Å². The molecule has 8 nitrogen and oxygen atoms in total. The second-order valence-electron chi connectivity index (χ2n) is 4.74. The molecule has 0 atom stereocenters. The van der Waals surface area contributed by atoms with Gasteiger partial charge >= 0.3 is 14.8 Å². The fraction of sp³-hybridized carbons (Fsp3) is 0.692. The van der Waals surface area contributed by atoms with Crippen LogP contribution in [0.3, 0.4) is 0 Å². The van der Waals surface area contributed by atoms with E-state index in [1.807, 2.05) is 10.8 Å². The average molecular weight is 330 g/mol. The summed E-state index contributed by atoms with van der Waals surface area (Å²) in [6.07, 6.45) is 7.00. The molecule has 1 aromatic heterocycles. The van der Waals surface area contributed by atoms with Crippen molar-refractivity contribution in [2.24, 2.45) is 0 Å². The van der Waals surface area contributed by atoms with Crippen molar-refractivity contribution in [3.05, 3.63) is 18.7 Å². The molecule has 0 bridgehead atoms.